The number of rotatable bonds is 0. The molecule has 0 aromatic rings. The van der Waals surface area contributed by atoms with Crippen LogP contribution in [0.2, 0.25) is 0 Å². The third-order valence-electron chi connectivity index (χ3n) is 0. The van der Waals surface area contributed by atoms with Gasteiger partial charge in [0.2, 0.25) is 0 Å². The molecule has 0 saturated carbocycles. The van der Waals surface area contributed by atoms with E-state index >= 15 is 0 Å². The molecular weight excluding hydrogens is 497 g/mol. The minimum atomic E-state index is 0. The first-order chi connectivity index (χ1) is 1.00. The van der Waals surface area contributed by atoms with E-state index in [1.165, 1.54) is 0 Å². The molecule has 25 valence electrons. The molecule has 0 heterocycles. The molecule has 0 aliphatic heterocycles. The molecule has 1 radical (unpaired) electrons. The summed E-state index contributed by atoms with van der Waals surface area (Å²) in [7, 11) is 0. The van der Waals surface area contributed by atoms with E-state index in [2.05, 4.69) is 6.42 Å². The topological polar surface area (TPSA) is 0 Å². The largest absolute Gasteiger partial charge is 0.697 e. The molecule has 0 rings (SSSR count). The van der Waals surface area contributed by atoms with Crippen molar-refractivity contribution >= 4 is 0 Å². The first kappa shape index (κ1) is 28.7. The van der Waals surface area contributed by atoms with Crippen molar-refractivity contribution < 1.29 is 70.7 Å². The van der Waals surface area contributed by atoms with Gasteiger partial charge in [-0.15, -0.1) is 0 Å². The van der Waals surface area contributed by atoms with Gasteiger partial charge in [-0.25, -0.2) is 0 Å². The Labute approximate surface area is 82.4 Å². The van der Waals surface area contributed by atoms with Gasteiger partial charge in [0.1, 0.15) is 0 Å². The molecule has 0 aliphatic carbocycles. The summed E-state index contributed by atoms with van der Waals surface area (Å²) >= 11 is 0. The van der Waals surface area contributed by atoms with Gasteiger partial charge in [-0.05, 0) is 0 Å². The second-order valence-corrected chi connectivity index (χ2v) is 0. The molecule has 0 spiro atoms. The molecule has 0 saturated heterocycles. The third-order valence-corrected chi connectivity index (χ3v) is 0. The van der Waals surface area contributed by atoms with Crippen LogP contribution in [0.1, 0.15) is 0 Å². The van der Waals surface area contributed by atoms with E-state index in [1.54, 1.807) is 0 Å². The Morgan fingerprint density at radius 1 is 1.20 bits per heavy atom. The van der Waals surface area contributed by atoms with Crippen LogP contribution < -0.4 is 0 Å². The van der Waals surface area contributed by atoms with Crippen molar-refractivity contribution in [3.8, 4) is 6.42 Å². The minimum Gasteiger partial charge on any atom is -0.697 e. The van der Waals surface area contributed by atoms with Crippen LogP contribution >= 0.6 is 0 Å². The van der Waals surface area contributed by atoms with Crippen molar-refractivity contribution in [1.29, 1.82) is 0 Å². The zero-order valence-electron chi connectivity index (χ0n) is 2.43. The van der Waals surface area contributed by atoms with Crippen LogP contribution in [-0.2, 0) is 39.6 Å². The van der Waals surface area contributed by atoms with Crippen molar-refractivity contribution in [3.05, 3.63) is 6.42 Å². The summed E-state index contributed by atoms with van der Waals surface area (Å²) in [6, 6.07) is 0. The molecule has 0 aliphatic rings. The maximum atomic E-state index is 5.25. The van der Waals surface area contributed by atoms with Gasteiger partial charge in [0, 0.05) is 70.7 Å². The summed E-state index contributed by atoms with van der Waals surface area (Å²) in [6.45, 7) is 0. The van der Waals surface area contributed by atoms with Gasteiger partial charge < -0.3 is 12.8 Å². The first-order valence-electron chi connectivity index (χ1n) is 0.289. The number of hydrogen-bond donors (Lipinski definition) is 0. The van der Waals surface area contributed by atoms with Crippen molar-refractivity contribution in [2.75, 3.05) is 0 Å². The number of terminal acetylenes is 1. The van der Waals surface area contributed by atoms with Crippen molar-refractivity contribution in [1.82, 2.24) is 0 Å². The Bertz CT molecular complexity index is 14.4. The normalized spacial score (nSPS) is 0.400. The molecule has 0 aromatic carbocycles. The molecule has 0 aromatic heterocycles. The van der Waals surface area contributed by atoms with Crippen molar-refractivity contribution in [2.24, 2.45) is 0 Å². The summed E-state index contributed by atoms with van der Waals surface area (Å²) in [6.07, 6.45) is 9.00. The van der Waals surface area contributed by atoms with Gasteiger partial charge >= 0.3 is 0 Å². The number of hydrogen-bond acceptors (Lipinski definition) is 0. The third kappa shape index (κ3) is 25.0. The van der Waals surface area contributed by atoms with Gasteiger partial charge in [0.25, 0.3) is 0 Å². The Morgan fingerprint density at radius 3 is 1.20 bits per heavy atom. The van der Waals surface area contributed by atoms with Crippen LogP contribution in [0.5, 0.6) is 0 Å². The fourth-order valence-electron chi connectivity index (χ4n) is 0. The van der Waals surface area contributed by atoms with Crippen LogP contribution in [0.3, 0.4) is 0 Å². The van der Waals surface area contributed by atoms with Crippen LogP contribution in [0.15, 0.2) is 0 Å². The molecular formula is C2HUVW-. The molecule has 0 amide bonds. The van der Waals surface area contributed by atoms with E-state index in [1.807, 2.05) is 0 Å². The van der Waals surface area contributed by atoms with Crippen LogP contribution in [0.4, 0.5) is 0 Å². The van der Waals surface area contributed by atoms with Crippen LogP contribution in [0.25, 0.3) is 0 Å². The molecule has 0 fully saturated rings. The average Bonchev–Trinajstić information content (AvgIpc) is 1.00. The van der Waals surface area contributed by atoms with E-state index in [9.17, 15) is 0 Å². The Kier molecular flexibility index (Phi) is 227. The zero-order valence-corrected chi connectivity index (χ0v) is 10.9. The predicted molar refractivity (Wildman–Crippen MR) is 8.19 cm³/mol. The van der Waals surface area contributed by atoms with Gasteiger partial charge in [-0.1, -0.05) is 0 Å². The maximum Gasteiger partial charge on any atom is 0 e. The fraction of sp³-hybridized carbons (Fsp3) is 0. The molecule has 3 heteroatoms. The molecule has 0 bridgehead atoms. The minimum absolute atomic E-state index is 0. The zero-order chi connectivity index (χ0) is 2.00. The summed E-state index contributed by atoms with van der Waals surface area (Å²) in [4.78, 5) is 0. The van der Waals surface area contributed by atoms with E-state index in [0.29, 0.717) is 0 Å². The van der Waals surface area contributed by atoms with Gasteiger partial charge in [-0.2, -0.15) is 0 Å². The maximum absolute atomic E-state index is 5.25. The molecule has 0 N–H and O–H groups in total. The molecule has 0 nitrogen and oxygen atoms in total. The van der Waals surface area contributed by atoms with Crippen LogP contribution in [0, 0.1) is 44.0 Å². The van der Waals surface area contributed by atoms with E-state index < -0.39 is 0 Å². The predicted octanol–water partition coefficient (Wildman–Crippen LogP) is 0.201. The van der Waals surface area contributed by atoms with E-state index in [4.69, 9.17) is 6.42 Å². The van der Waals surface area contributed by atoms with Crippen LogP contribution in [-0.4, -0.2) is 0 Å². The molecule has 5 heavy (non-hydrogen) atoms. The van der Waals surface area contributed by atoms with Crippen molar-refractivity contribution in [2.45, 2.75) is 0 Å². The Morgan fingerprint density at radius 2 is 1.20 bits per heavy atom. The smallest absolute Gasteiger partial charge is 0 e. The van der Waals surface area contributed by atoms with Gasteiger partial charge in [0.15, 0.2) is 0 Å². The summed E-state index contributed by atoms with van der Waals surface area (Å²) in [5.41, 5.74) is 0. The first-order valence-corrected chi connectivity index (χ1v) is 0.289. The summed E-state index contributed by atoms with van der Waals surface area (Å²) in [5.74, 6) is 0. The summed E-state index contributed by atoms with van der Waals surface area (Å²) in [5, 5.41) is 0. The molecule has 0 atom stereocenters. The van der Waals surface area contributed by atoms with E-state index in [-0.39, 0.29) is 70.7 Å². The van der Waals surface area contributed by atoms with Crippen molar-refractivity contribution in [3.63, 3.8) is 0 Å². The Balaban J connectivity index is -0.00000000167. The second kappa shape index (κ2) is 39.5. The standard InChI is InChI=1S/C2H.U.V.W/c1-2;;;/h1H;;;/q-1;;;. The second-order valence-electron chi connectivity index (χ2n) is 0. The quantitative estimate of drug-likeness (QED) is 0.331. The van der Waals surface area contributed by atoms with Gasteiger partial charge in [0.05, 0.1) is 0 Å². The molecule has 0 unspecified atom stereocenters. The fourth-order valence-corrected chi connectivity index (χ4v) is 0. The average molecular weight is 498 g/mol. The monoisotopic (exact) mass is 498 g/mol. The van der Waals surface area contributed by atoms with Gasteiger partial charge in [-0.3, -0.25) is 0 Å². The Hall–Kier alpha value is 1.88. The van der Waals surface area contributed by atoms with E-state index in [0.717, 1.165) is 0 Å². The summed E-state index contributed by atoms with van der Waals surface area (Å²) < 4.78 is 0. The SMILES string of the molecule is [C-]#C.[U].[V].[W].